The van der Waals surface area contributed by atoms with Gasteiger partial charge in [0.25, 0.3) is 5.91 Å². The Morgan fingerprint density at radius 3 is 2.56 bits per heavy atom. The number of nitrogens with zero attached hydrogens (tertiary/aromatic N) is 1. The molecule has 1 aliphatic heterocycles. The van der Waals surface area contributed by atoms with Gasteiger partial charge in [-0.1, -0.05) is 12.1 Å². The van der Waals surface area contributed by atoms with Gasteiger partial charge in [0.2, 0.25) is 5.91 Å². The van der Waals surface area contributed by atoms with Crippen LogP contribution < -0.4 is 19.7 Å². The Morgan fingerprint density at radius 2 is 1.89 bits per heavy atom. The van der Waals surface area contributed by atoms with Gasteiger partial charge >= 0.3 is 5.97 Å². The van der Waals surface area contributed by atoms with E-state index in [0.29, 0.717) is 30.1 Å². The SMILES string of the molecule is COc1cc(NC(=O)c2ccccc2OC(C)=O)ccc1N1CCCC1=O. The normalized spacial score (nSPS) is 13.4. The van der Waals surface area contributed by atoms with Gasteiger partial charge in [0.15, 0.2) is 0 Å². The molecule has 27 heavy (non-hydrogen) atoms. The average Bonchev–Trinajstić information content (AvgIpc) is 3.07. The smallest absolute Gasteiger partial charge is 0.308 e. The fourth-order valence-electron chi connectivity index (χ4n) is 2.98. The van der Waals surface area contributed by atoms with Gasteiger partial charge in [-0.2, -0.15) is 0 Å². The summed E-state index contributed by atoms with van der Waals surface area (Å²) in [5, 5.41) is 2.76. The number of carbonyl (C=O) groups excluding carboxylic acids is 3. The molecule has 2 aromatic rings. The first-order chi connectivity index (χ1) is 13.0. The third kappa shape index (κ3) is 4.08. The van der Waals surface area contributed by atoms with Gasteiger partial charge in [-0.15, -0.1) is 0 Å². The van der Waals surface area contributed by atoms with Crippen LogP contribution in [0.5, 0.6) is 11.5 Å². The molecule has 1 fully saturated rings. The number of hydrogen-bond donors (Lipinski definition) is 1. The largest absolute Gasteiger partial charge is 0.494 e. The van der Waals surface area contributed by atoms with Gasteiger partial charge < -0.3 is 19.7 Å². The number of methoxy groups -OCH3 is 1. The van der Waals surface area contributed by atoms with Crippen LogP contribution in [0, 0.1) is 0 Å². The molecule has 0 saturated carbocycles. The van der Waals surface area contributed by atoms with Crippen LogP contribution in [0.3, 0.4) is 0 Å². The lowest BCUT2D eigenvalue weighted by atomic mass is 10.1. The maximum Gasteiger partial charge on any atom is 0.308 e. The fourth-order valence-corrected chi connectivity index (χ4v) is 2.98. The number of ether oxygens (including phenoxy) is 2. The van der Waals surface area contributed by atoms with Gasteiger partial charge in [-0.25, -0.2) is 0 Å². The summed E-state index contributed by atoms with van der Waals surface area (Å²) in [4.78, 5) is 37.5. The average molecular weight is 368 g/mol. The zero-order valence-corrected chi connectivity index (χ0v) is 15.2. The zero-order chi connectivity index (χ0) is 19.4. The Labute approximate surface area is 156 Å². The summed E-state index contributed by atoms with van der Waals surface area (Å²) in [5.41, 5.74) is 1.42. The van der Waals surface area contributed by atoms with E-state index < -0.39 is 11.9 Å². The van der Waals surface area contributed by atoms with Gasteiger partial charge in [-0.05, 0) is 30.7 Å². The second-order valence-corrected chi connectivity index (χ2v) is 6.08. The van der Waals surface area contributed by atoms with Crippen molar-refractivity contribution in [1.82, 2.24) is 0 Å². The van der Waals surface area contributed by atoms with Crippen molar-refractivity contribution in [2.45, 2.75) is 19.8 Å². The predicted molar refractivity (Wildman–Crippen MR) is 100 cm³/mol. The summed E-state index contributed by atoms with van der Waals surface area (Å²) in [5.74, 6) is -0.180. The van der Waals surface area contributed by atoms with Crippen molar-refractivity contribution in [2.24, 2.45) is 0 Å². The van der Waals surface area contributed by atoms with Crippen molar-refractivity contribution in [1.29, 1.82) is 0 Å². The molecule has 0 aliphatic carbocycles. The summed E-state index contributed by atoms with van der Waals surface area (Å²) < 4.78 is 10.5. The molecule has 0 bridgehead atoms. The van der Waals surface area contributed by atoms with Crippen LogP contribution in [0.2, 0.25) is 0 Å². The summed E-state index contributed by atoms with van der Waals surface area (Å²) in [7, 11) is 1.51. The molecule has 140 valence electrons. The molecule has 1 aliphatic rings. The standard InChI is InChI=1S/C20H20N2O5/c1-13(23)27-17-7-4-3-6-15(17)20(25)21-14-9-10-16(18(12-14)26-2)22-11-5-8-19(22)24/h3-4,6-7,9-10,12H,5,8,11H2,1-2H3,(H,21,25). The van der Waals surface area contributed by atoms with Crippen molar-refractivity contribution in [2.75, 3.05) is 23.9 Å². The molecule has 2 aromatic carbocycles. The van der Waals surface area contributed by atoms with Crippen LogP contribution in [-0.4, -0.2) is 31.4 Å². The van der Waals surface area contributed by atoms with E-state index >= 15 is 0 Å². The fraction of sp³-hybridized carbons (Fsp3) is 0.250. The molecular formula is C20H20N2O5. The highest BCUT2D eigenvalue weighted by Crippen LogP contribution is 2.34. The zero-order valence-electron chi connectivity index (χ0n) is 15.2. The van der Waals surface area contributed by atoms with Gasteiger partial charge in [0.05, 0.1) is 18.4 Å². The van der Waals surface area contributed by atoms with E-state index in [4.69, 9.17) is 9.47 Å². The minimum absolute atomic E-state index is 0.0559. The van der Waals surface area contributed by atoms with Gasteiger partial charge in [0.1, 0.15) is 11.5 Å². The van der Waals surface area contributed by atoms with Crippen molar-refractivity contribution in [3.8, 4) is 11.5 Å². The van der Waals surface area contributed by atoms with E-state index in [9.17, 15) is 14.4 Å². The molecule has 0 spiro atoms. The number of carbonyl (C=O) groups is 3. The molecule has 0 unspecified atom stereocenters. The quantitative estimate of drug-likeness (QED) is 0.648. The van der Waals surface area contributed by atoms with Crippen molar-refractivity contribution in [3.63, 3.8) is 0 Å². The highest BCUT2D eigenvalue weighted by Gasteiger charge is 2.24. The van der Waals surface area contributed by atoms with Crippen LogP contribution in [0.15, 0.2) is 42.5 Å². The molecule has 7 heteroatoms. The van der Waals surface area contributed by atoms with Crippen LogP contribution >= 0.6 is 0 Å². The summed E-state index contributed by atoms with van der Waals surface area (Å²) in [6.07, 6.45) is 1.34. The molecule has 0 aromatic heterocycles. The molecule has 2 amide bonds. The Morgan fingerprint density at radius 1 is 1.11 bits per heavy atom. The number of anilines is 2. The topological polar surface area (TPSA) is 84.9 Å². The van der Waals surface area contributed by atoms with E-state index in [1.807, 2.05) is 0 Å². The lowest BCUT2D eigenvalue weighted by Gasteiger charge is -2.19. The van der Waals surface area contributed by atoms with Crippen molar-refractivity contribution in [3.05, 3.63) is 48.0 Å². The van der Waals surface area contributed by atoms with Crippen LogP contribution in [0.1, 0.15) is 30.1 Å². The number of esters is 1. The molecule has 0 radical (unpaired) electrons. The van der Waals surface area contributed by atoms with Gasteiger partial charge in [0, 0.05) is 31.6 Å². The summed E-state index contributed by atoms with van der Waals surface area (Å²) in [6, 6.07) is 11.6. The minimum Gasteiger partial charge on any atom is -0.494 e. The number of benzene rings is 2. The van der Waals surface area contributed by atoms with E-state index in [1.54, 1.807) is 47.4 Å². The predicted octanol–water partition coefficient (Wildman–Crippen LogP) is 3.00. The van der Waals surface area contributed by atoms with Crippen molar-refractivity contribution < 1.29 is 23.9 Å². The molecular weight excluding hydrogens is 348 g/mol. The van der Waals surface area contributed by atoms with E-state index in [0.717, 1.165) is 6.42 Å². The Balaban J connectivity index is 1.83. The van der Waals surface area contributed by atoms with Crippen LogP contribution in [0.25, 0.3) is 0 Å². The first kappa shape index (κ1) is 18.4. The highest BCUT2D eigenvalue weighted by atomic mass is 16.5. The van der Waals surface area contributed by atoms with Crippen LogP contribution in [0.4, 0.5) is 11.4 Å². The number of para-hydroxylation sites is 1. The van der Waals surface area contributed by atoms with Gasteiger partial charge in [-0.3, -0.25) is 14.4 Å². The third-order valence-corrected chi connectivity index (χ3v) is 4.19. The molecule has 0 atom stereocenters. The Bertz CT molecular complexity index is 894. The lowest BCUT2D eigenvalue weighted by molar-refractivity contribution is -0.131. The van der Waals surface area contributed by atoms with Crippen molar-refractivity contribution >= 4 is 29.2 Å². The summed E-state index contributed by atoms with van der Waals surface area (Å²) >= 11 is 0. The maximum absolute atomic E-state index is 12.6. The maximum atomic E-state index is 12.6. The summed E-state index contributed by atoms with van der Waals surface area (Å²) in [6.45, 7) is 1.93. The molecule has 1 saturated heterocycles. The highest BCUT2D eigenvalue weighted by molar-refractivity contribution is 6.07. The molecule has 1 N–H and O–H groups in total. The minimum atomic E-state index is -0.503. The first-order valence-electron chi connectivity index (χ1n) is 8.57. The number of nitrogens with one attached hydrogen (secondary N) is 1. The number of hydrogen-bond acceptors (Lipinski definition) is 5. The Hall–Kier alpha value is -3.35. The van der Waals surface area contributed by atoms with E-state index in [1.165, 1.54) is 14.0 Å². The molecule has 3 rings (SSSR count). The number of rotatable bonds is 5. The van der Waals surface area contributed by atoms with E-state index in [2.05, 4.69) is 5.32 Å². The monoisotopic (exact) mass is 368 g/mol. The van der Waals surface area contributed by atoms with E-state index in [-0.39, 0.29) is 17.2 Å². The first-order valence-corrected chi connectivity index (χ1v) is 8.57. The third-order valence-electron chi connectivity index (χ3n) is 4.19. The van der Waals surface area contributed by atoms with Crippen LogP contribution in [-0.2, 0) is 9.59 Å². The number of amides is 2. The lowest BCUT2D eigenvalue weighted by Crippen LogP contribution is -2.24. The molecule has 1 heterocycles. The molecule has 7 nitrogen and oxygen atoms in total. The Kier molecular flexibility index (Phi) is 5.40. The second kappa shape index (κ2) is 7.90. The second-order valence-electron chi connectivity index (χ2n) is 6.08.